The summed E-state index contributed by atoms with van der Waals surface area (Å²) in [6, 6.07) is -1.58. The monoisotopic (exact) mass is 623 g/mol. The summed E-state index contributed by atoms with van der Waals surface area (Å²) >= 11 is 2.99. The molecule has 0 aliphatic carbocycles. The minimum absolute atomic E-state index is 0.165. The van der Waals surface area contributed by atoms with Crippen molar-refractivity contribution in [2.24, 2.45) is 5.92 Å². The number of ether oxygens (including phenoxy) is 1. The van der Waals surface area contributed by atoms with Gasteiger partial charge in [-0.25, -0.2) is 14.6 Å². The summed E-state index contributed by atoms with van der Waals surface area (Å²) in [7, 11) is 1.66. The lowest BCUT2D eigenvalue weighted by Crippen LogP contribution is -2.53. The van der Waals surface area contributed by atoms with E-state index in [9.17, 15) is 19.2 Å². The fourth-order valence-corrected chi connectivity index (χ4v) is 5.50. The van der Waals surface area contributed by atoms with Gasteiger partial charge in [0.2, 0.25) is 11.8 Å². The number of carbonyl (C=O) groups is 4. The van der Waals surface area contributed by atoms with Crippen molar-refractivity contribution in [1.29, 1.82) is 0 Å². The van der Waals surface area contributed by atoms with Gasteiger partial charge in [-0.05, 0) is 38.5 Å². The number of hydrogen-bond donors (Lipinski definition) is 4. The second-order valence-electron chi connectivity index (χ2n) is 10.7. The van der Waals surface area contributed by atoms with E-state index in [0.717, 1.165) is 22.0 Å². The van der Waals surface area contributed by atoms with E-state index in [4.69, 9.17) is 4.74 Å². The van der Waals surface area contributed by atoms with Gasteiger partial charge in [0.15, 0.2) is 0 Å². The summed E-state index contributed by atoms with van der Waals surface area (Å²) < 4.78 is 5.22. The van der Waals surface area contributed by atoms with Crippen LogP contribution < -0.4 is 21.3 Å². The smallest absolute Gasteiger partial charge is 0.407 e. The minimum Gasteiger partial charge on any atom is -0.444 e. The van der Waals surface area contributed by atoms with Crippen molar-refractivity contribution in [2.45, 2.75) is 98.0 Å². The summed E-state index contributed by atoms with van der Waals surface area (Å²) in [4.78, 5) is 60.7. The Morgan fingerprint density at radius 1 is 1.05 bits per heavy atom. The maximum Gasteiger partial charge on any atom is 0.407 e. The number of nitrogens with one attached hydrogen (secondary N) is 4. The molecular weight excluding hydrogens is 578 g/mol. The summed E-state index contributed by atoms with van der Waals surface area (Å²) in [5.41, 5.74) is 2.48. The Morgan fingerprint density at radius 2 is 1.81 bits per heavy atom. The number of alkyl carbamates (subject to hydrolysis) is 1. The first-order valence-electron chi connectivity index (χ1n) is 14.3. The molecular formula is C28H45N7O5S2. The Bertz CT molecular complexity index is 1130. The summed E-state index contributed by atoms with van der Waals surface area (Å²) in [5.74, 6) is -0.0430. The van der Waals surface area contributed by atoms with Gasteiger partial charge in [0.05, 0.1) is 27.6 Å². The zero-order chi connectivity index (χ0) is 31.1. The van der Waals surface area contributed by atoms with Crippen molar-refractivity contribution in [3.63, 3.8) is 0 Å². The van der Waals surface area contributed by atoms with Crippen LogP contribution in [0.1, 0.15) is 75.9 Å². The number of hydrogen-bond acceptors (Lipinski definition) is 9. The highest BCUT2D eigenvalue weighted by molar-refractivity contribution is 7.09. The van der Waals surface area contributed by atoms with Crippen LogP contribution in [-0.2, 0) is 33.9 Å². The first-order valence-corrected chi connectivity index (χ1v) is 16.0. The average molecular weight is 624 g/mol. The maximum absolute atomic E-state index is 13.3. The fourth-order valence-electron chi connectivity index (χ4n) is 4.00. The normalized spacial score (nSPS) is 13.1. The van der Waals surface area contributed by atoms with Crippen LogP contribution in [0.3, 0.4) is 0 Å². The van der Waals surface area contributed by atoms with Crippen LogP contribution in [0.4, 0.5) is 9.59 Å². The van der Waals surface area contributed by atoms with Gasteiger partial charge in [0.25, 0.3) is 0 Å². The van der Waals surface area contributed by atoms with Gasteiger partial charge >= 0.3 is 12.1 Å². The number of urea groups is 1. The molecule has 0 aliphatic heterocycles. The quantitative estimate of drug-likeness (QED) is 0.209. The number of amides is 5. The molecule has 42 heavy (non-hydrogen) atoms. The summed E-state index contributed by atoms with van der Waals surface area (Å²) in [6.45, 7) is 10.2. The molecule has 12 nitrogen and oxygen atoms in total. The Kier molecular flexibility index (Phi) is 15.2. The first kappa shape index (κ1) is 34.9. The van der Waals surface area contributed by atoms with E-state index < -0.39 is 18.2 Å². The molecule has 0 aromatic carbocycles. The predicted molar refractivity (Wildman–Crippen MR) is 164 cm³/mol. The predicted octanol–water partition coefficient (Wildman–Crippen LogP) is 3.82. The lowest BCUT2D eigenvalue weighted by atomic mass is 10.0. The van der Waals surface area contributed by atoms with Gasteiger partial charge in [-0.3, -0.25) is 14.6 Å². The number of carbonyl (C=O) groups excluding carboxylic acids is 4. The number of aromatic nitrogens is 2. The fraction of sp³-hybridized carbons (Fsp3) is 0.643. The molecule has 0 saturated heterocycles. The molecule has 2 rings (SSSR count). The molecule has 2 aromatic heterocycles. The van der Waals surface area contributed by atoms with Crippen molar-refractivity contribution in [2.75, 3.05) is 13.6 Å². The highest BCUT2D eigenvalue weighted by Crippen LogP contribution is 2.15. The van der Waals surface area contributed by atoms with Crippen LogP contribution in [0, 0.1) is 5.92 Å². The molecule has 0 radical (unpaired) electrons. The topological polar surface area (TPSA) is 155 Å². The number of thiazole rings is 2. The minimum atomic E-state index is -0.843. The van der Waals surface area contributed by atoms with E-state index in [1.54, 1.807) is 30.1 Å². The molecule has 0 saturated carbocycles. The first-order chi connectivity index (χ1) is 20.0. The van der Waals surface area contributed by atoms with Crippen LogP contribution >= 0.6 is 22.7 Å². The molecule has 14 heteroatoms. The van der Waals surface area contributed by atoms with E-state index in [1.165, 1.54) is 23.2 Å². The number of rotatable bonds is 17. The molecule has 2 aromatic rings. The standard InChI is InChI=1S/C28H45N7O5S2/c1-7-21(9-8-19(4)31-28(39)40-15-23-13-29-17-42-23)33-26(37)24(10-11-30-20(5)36)34-27(38)35(6)14-22-16-41-25(32-22)12-18(2)3/h13,16-19,21,24H,7-12,14-15H2,1-6H3,(H,30,36)(H,31,39)(H,33,37)(H,34,38). The molecule has 0 spiro atoms. The summed E-state index contributed by atoms with van der Waals surface area (Å²) in [6.07, 6.45) is 4.18. The van der Waals surface area contributed by atoms with Crippen molar-refractivity contribution < 1.29 is 23.9 Å². The van der Waals surface area contributed by atoms with Gasteiger partial charge in [-0.1, -0.05) is 20.8 Å². The van der Waals surface area contributed by atoms with Gasteiger partial charge in [-0.2, -0.15) is 0 Å². The lowest BCUT2D eigenvalue weighted by molar-refractivity contribution is -0.124. The second-order valence-corrected chi connectivity index (χ2v) is 12.7. The molecule has 4 N–H and O–H groups in total. The third-order valence-electron chi connectivity index (χ3n) is 6.33. The zero-order valence-electron chi connectivity index (χ0n) is 25.4. The van der Waals surface area contributed by atoms with Crippen molar-refractivity contribution in [3.8, 4) is 0 Å². The molecule has 3 unspecified atom stereocenters. The van der Waals surface area contributed by atoms with Gasteiger partial charge in [0.1, 0.15) is 12.6 Å². The molecule has 5 amide bonds. The molecule has 2 heterocycles. The summed E-state index contributed by atoms with van der Waals surface area (Å²) in [5, 5.41) is 14.3. The van der Waals surface area contributed by atoms with Crippen molar-refractivity contribution >= 4 is 46.6 Å². The van der Waals surface area contributed by atoms with Crippen LogP contribution in [0.2, 0.25) is 0 Å². The largest absolute Gasteiger partial charge is 0.444 e. The zero-order valence-corrected chi connectivity index (χ0v) is 27.0. The van der Waals surface area contributed by atoms with Crippen LogP contribution in [0.15, 0.2) is 17.1 Å². The maximum atomic E-state index is 13.3. The third-order valence-corrected chi connectivity index (χ3v) is 8.00. The molecule has 234 valence electrons. The van der Waals surface area contributed by atoms with E-state index in [0.29, 0.717) is 31.7 Å². The molecule has 0 bridgehead atoms. The van der Waals surface area contributed by atoms with E-state index in [2.05, 4.69) is 45.1 Å². The Labute approximate surface area is 256 Å². The highest BCUT2D eigenvalue weighted by Gasteiger charge is 2.25. The van der Waals surface area contributed by atoms with Crippen LogP contribution in [0.25, 0.3) is 0 Å². The van der Waals surface area contributed by atoms with E-state index in [1.807, 2.05) is 19.2 Å². The Hall–Kier alpha value is -3.26. The Balaban J connectivity index is 1.88. The average Bonchev–Trinajstić information content (AvgIpc) is 3.60. The third kappa shape index (κ3) is 13.6. The van der Waals surface area contributed by atoms with Gasteiger partial charge in [-0.15, -0.1) is 22.7 Å². The van der Waals surface area contributed by atoms with Crippen molar-refractivity contribution in [1.82, 2.24) is 36.1 Å². The SMILES string of the molecule is CCC(CCC(C)NC(=O)OCc1cncs1)NC(=O)C(CCNC(C)=O)NC(=O)N(C)Cc1csc(CC(C)C)n1. The van der Waals surface area contributed by atoms with Gasteiger partial charge in [0, 0.05) is 50.6 Å². The van der Waals surface area contributed by atoms with Crippen molar-refractivity contribution in [3.05, 3.63) is 32.7 Å². The molecule has 0 aliphatic rings. The molecule has 0 fully saturated rings. The second kappa shape index (κ2) is 18.3. The van der Waals surface area contributed by atoms with E-state index in [-0.39, 0.29) is 43.5 Å². The number of nitrogens with zero attached hydrogens (tertiary/aromatic N) is 3. The molecule has 3 atom stereocenters. The highest BCUT2D eigenvalue weighted by atomic mass is 32.1. The van der Waals surface area contributed by atoms with E-state index >= 15 is 0 Å². The Morgan fingerprint density at radius 3 is 2.45 bits per heavy atom. The van der Waals surface area contributed by atoms with Gasteiger partial charge < -0.3 is 30.9 Å². The lowest BCUT2D eigenvalue weighted by Gasteiger charge is -2.26. The van der Waals surface area contributed by atoms with Crippen LogP contribution in [0.5, 0.6) is 0 Å². The van der Waals surface area contributed by atoms with Crippen LogP contribution in [-0.4, -0.2) is 70.5 Å².